The Labute approximate surface area is 127 Å². The van der Waals surface area contributed by atoms with Crippen molar-refractivity contribution in [1.29, 1.82) is 0 Å². The molecule has 0 spiro atoms. The zero-order valence-corrected chi connectivity index (χ0v) is 13.8. The van der Waals surface area contributed by atoms with E-state index in [1.807, 2.05) is 6.20 Å². The second kappa shape index (κ2) is 8.73. The number of nitrogens with one attached hydrogen (secondary N) is 1. The number of hydrogen-bond donors (Lipinski definition) is 1. The second-order valence-electron chi connectivity index (χ2n) is 5.78. The highest BCUT2D eigenvalue weighted by Crippen LogP contribution is 2.30. The van der Waals surface area contributed by atoms with Crippen LogP contribution in [0.25, 0.3) is 0 Å². The van der Waals surface area contributed by atoms with Gasteiger partial charge >= 0.3 is 0 Å². The summed E-state index contributed by atoms with van der Waals surface area (Å²) in [7, 11) is 0. The molecule has 1 fully saturated rings. The first-order chi connectivity index (χ1) is 9.85. The number of thioether (sulfide) groups is 1. The molecule has 0 radical (unpaired) electrons. The van der Waals surface area contributed by atoms with E-state index >= 15 is 0 Å². The van der Waals surface area contributed by atoms with Crippen LogP contribution in [0.2, 0.25) is 0 Å². The van der Waals surface area contributed by atoms with Crippen LogP contribution in [0.4, 0.5) is 0 Å². The largest absolute Gasteiger partial charge is 0.334 e. The van der Waals surface area contributed by atoms with E-state index in [1.54, 1.807) is 0 Å². The lowest BCUT2D eigenvalue weighted by Crippen LogP contribution is -2.28. The van der Waals surface area contributed by atoms with Gasteiger partial charge in [0.1, 0.15) is 5.82 Å². The highest BCUT2D eigenvalue weighted by Gasteiger charge is 2.22. The molecule has 0 amide bonds. The normalized spacial score (nSPS) is 18.3. The van der Waals surface area contributed by atoms with Crippen molar-refractivity contribution in [1.82, 2.24) is 14.9 Å². The number of nitrogens with zero attached hydrogens (tertiary/aromatic N) is 2. The zero-order valence-electron chi connectivity index (χ0n) is 13.0. The molecule has 2 heterocycles. The molecule has 1 aromatic heterocycles. The molecule has 0 aromatic carbocycles. The summed E-state index contributed by atoms with van der Waals surface area (Å²) < 4.78 is 2.34. The lowest BCUT2D eigenvalue weighted by molar-refractivity contribution is 0.352. The quantitative estimate of drug-likeness (QED) is 0.789. The number of hydrogen-bond acceptors (Lipinski definition) is 3. The van der Waals surface area contributed by atoms with Gasteiger partial charge in [-0.15, -0.1) is 0 Å². The molecule has 2 rings (SSSR count). The van der Waals surface area contributed by atoms with Crippen molar-refractivity contribution in [2.75, 3.05) is 18.1 Å². The van der Waals surface area contributed by atoms with E-state index in [1.165, 1.54) is 49.4 Å². The monoisotopic (exact) mass is 295 g/mol. The lowest BCUT2D eigenvalue weighted by Gasteiger charge is -2.27. The maximum Gasteiger partial charge on any atom is 0.125 e. The molecule has 1 unspecified atom stereocenters. The van der Waals surface area contributed by atoms with Gasteiger partial charge in [0.05, 0.1) is 6.04 Å². The van der Waals surface area contributed by atoms with Crippen LogP contribution in [-0.4, -0.2) is 27.6 Å². The van der Waals surface area contributed by atoms with Crippen molar-refractivity contribution in [3.63, 3.8) is 0 Å². The van der Waals surface area contributed by atoms with Gasteiger partial charge in [-0.1, -0.05) is 13.8 Å². The van der Waals surface area contributed by atoms with Gasteiger partial charge in [0.2, 0.25) is 0 Å². The Morgan fingerprint density at radius 2 is 2.15 bits per heavy atom. The van der Waals surface area contributed by atoms with Crippen molar-refractivity contribution in [2.45, 2.75) is 58.5 Å². The van der Waals surface area contributed by atoms with Gasteiger partial charge in [0, 0.05) is 18.9 Å². The first-order valence-electron chi connectivity index (χ1n) is 8.17. The Balaban J connectivity index is 2.02. The summed E-state index contributed by atoms with van der Waals surface area (Å²) in [6.45, 7) is 6.64. The van der Waals surface area contributed by atoms with E-state index in [9.17, 15) is 0 Å². The van der Waals surface area contributed by atoms with Crippen molar-refractivity contribution >= 4 is 11.8 Å². The molecule has 1 saturated heterocycles. The third-order valence-electron chi connectivity index (χ3n) is 4.07. The summed E-state index contributed by atoms with van der Waals surface area (Å²) in [5.41, 5.74) is 0. The van der Waals surface area contributed by atoms with Crippen LogP contribution >= 0.6 is 11.8 Å². The smallest absolute Gasteiger partial charge is 0.125 e. The Morgan fingerprint density at radius 1 is 1.35 bits per heavy atom. The predicted octanol–water partition coefficient (Wildman–Crippen LogP) is 3.87. The van der Waals surface area contributed by atoms with Gasteiger partial charge in [0.25, 0.3) is 0 Å². The van der Waals surface area contributed by atoms with Crippen molar-refractivity contribution in [3.05, 3.63) is 18.2 Å². The van der Waals surface area contributed by atoms with Gasteiger partial charge in [-0.05, 0) is 56.1 Å². The molecule has 114 valence electrons. The number of rotatable bonds is 8. The summed E-state index contributed by atoms with van der Waals surface area (Å²) in [4.78, 5) is 4.65. The highest BCUT2D eigenvalue weighted by molar-refractivity contribution is 7.99. The highest BCUT2D eigenvalue weighted by atomic mass is 32.2. The second-order valence-corrected chi connectivity index (χ2v) is 7.00. The van der Waals surface area contributed by atoms with E-state index in [4.69, 9.17) is 0 Å². The minimum absolute atomic E-state index is 0.435. The molecule has 1 aromatic rings. The van der Waals surface area contributed by atoms with E-state index in [0.717, 1.165) is 19.0 Å². The van der Waals surface area contributed by atoms with Crippen LogP contribution in [-0.2, 0) is 6.54 Å². The van der Waals surface area contributed by atoms with Crippen LogP contribution in [0.15, 0.2) is 12.4 Å². The fourth-order valence-electron chi connectivity index (χ4n) is 2.97. The predicted molar refractivity (Wildman–Crippen MR) is 88.2 cm³/mol. The molecule has 1 atom stereocenters. The SMILES string of the molecule is CCCNC(CC1CCSCC1)c1nccn1CCC. The van der Waals surface area contributed by atoms with Crippen LogP contribution in [0.5, 0.6) is 0 Å². The molecule has 1 aliphatic heterocycles. The van der Waals surface area contributed by atoms with E-state index in [-0.39, 0.29) is 0 Å². The molecule has 1 aliphatic rings. The molecule has 0 bridgehead atoms. The van der Waals surface area contributed by atoms with Crippen molar-refractivity contribution < 1.29 is 0 Å². The number of aromatic nitrogens is 2. The minimum Gasteiger partial charge on any atom is -0.334 e. The van der Waals surface area contributed by atoms with E-state index in [0.29, 0.717) is 6.04 Å². The summed E-state index contributed by atoms with van der Waals surface area (Å²) in [6, 6.07) is 0.435. The maximum absolute atomic E-state index is 4.65. The third-order valence-corrected chi connectivity index (χ3v) is 5.12. The Kier molecular flexibility index (Phi) is 6.94. The number of imidazole rings is 1. The first kappa shape index (κ1) is 15.9. The molecular formula is C16H29N3S. The average Bonchev–Trinajstić information content (AvgIpc) is 2.93. The Bertz CT molecular complexity index is 372. The third kappa shape index (κ3) is 4.52. The Hall–Kier alpha value is -0.480. The van der Waals surface area contributed by atoms with E-state index < -0.39 is 0 Å². The summed E-state index contributed by atoms with van der Waals surface area (Å²) in [5.74, 6) is 4.80. The van der Waals surface area contributed by atoms with Crippen LogP contribution in [0.3, 0.4) is 0 Å². The van der Waals surface area contributed by atoms with Crippen molar-refractivity contribution in [2.24, 2.45) is 5.92 Å². The topological polar surface area (TPSA) is 29.9 Å². The van der Waals surface area contributed by atoms with Crippen LogP contribution < -0.4 is 5.32 Å². The molecular weight excluding hydrogens is 266 g/mol. The first-order valence-corrected chi connectivity index (χ1v) is 9.32. The maximum atomic E-state index is 4.65. The van der Waals surface area contributed by atoms with Gasteiger partial charge in [-0.3, -0.25) is 0 Å². The fourth-order valence-corrected chi connectivity index (χ4v) is 4.18. The van der Waals surface area contributed by atoms with Crippen LogP contribution in [0, 0.1) is 5.92 Å². The van der Waals surface area contributed by atoms with Crippen LogP contribution in [0.1, 0.15) is 57.8 Å². The summed E-state index contributed by atoms with van der Waals surface area (Å²) >= 11 is 2.11. The molecule has 3 nitrogen and oxygen atoms in total. The number of aryl methyl sites for hydroxylation is 1. The van der Waals surface area contributed by atoms with Gasteiger partial charge in [-0.2, -0.15) is 11.8 Å². The average molecular weight is 295 g/mol. The van der Waals surface area contributed by atoms with Gasteiger partial charge in [-0.25, -0.2) is 4.98 Å². The lowest BCUT2D eigenvalue weighted by atomic mass is 9.93. The van der Waals surface area contributed by atoms with Crippen molar-refractivity contribution in [3.8, 4) is 0 Å². The van der Waals surface area contributed by atoms with Gasteiger partial charge < -0.3 is 9.88 Å². The summed E-state index contributed by atoms with van der Waals surface area (Å²) in [6.07, 6.45) is 10.5. The molecule has 0 saturated carbocycles. The minimum atomic E-state index is 0.435. The standard InChI is InChI=1S/C16H29N3S/c1-3-7-17-15(13-14-5-11-20-12-6-14)16-18-8-10-19(16)9-4-2/h8,10,14-15,17H,3-7,9,11-13H2,1-2H3. The fraction of sp³-hybridized carbons (Fsp3) is 0.812. The summed E-state index contributed by atoms with van der Waals surface area (Å²) in [5, 5.41) is 3.73. The molecule has 4 heteroatoms. The zero-order chi connectivity index (χ0) is 14.2. The Morgan fingerprint density at radius 3 is 2.85 bits per heavy atom. The molecule has 20 heavy (non-hydrogen) atoms. The van der Waals surface area contributed by atoms with Gasteiger partial charge in [0.15, 0.2) is 0 Å². The van der Waals surface area contributed by atoms with E-state index in [2.05, 4.69) is 46.7 Å². The molecule has 1 N–H and O–H groups in total. The molecule has 0 aliphatic carbocycles.